The Morgan fingerprint density at radius 3 is 2.65 bits per heavy atom. The summed E-state index contributed by atoms with van der Waals surface area (Å²) in [7, 11) is -1.31. The maximum absolute atomic E-state index is 12.6. The Bertz CT molecular complexity index is 679. The highest BCUT2D eigenvalue weighted by Gasteiger charge is 2.23. The number of carbonyl (C=O) groups is 1. The highest BCUT2D eigenvalue weighted by Crippen LogP contribution is 2.25. The maximum Gasteiger partial charge on any atom is 0.199 e. The van der Waals surface area contributed by atoms with Gasteiger partial charge in [0.15, 0.2) is 5.78 Å². The summed E-state index contributed by atoms with van der Waals surface area (Å²) >= 11 is 5.90. The summed E-state index contributed by atoms with van der Waals surface area (Å²) in [6.07, 6.45) is 2.84. The van der Waals surface area contributed by atoms with Crippen molar-refractivity contribution in [3.8, 4) is 0 Å². The van der Waals surface area contributed by atoms with E-state index in [0.717, 1.165) is 0 Å². The maximum atomic E-state index is 12.6. The zero-order valence-corrected chi connectivity index (χ0v) is 12.9. The molecule has 1 aromatic carbocycles. The van der Waals surface area contributed by atoms with Gasteiger partial charge in [-0.3, -0.25) is 9.00 Å². The molecule has 0 aliphatic rings. The topological polar surface area (TPSA) is 60.2 Å². The molecule has 1 unspecified atom stereocenters. The summed E-state index contributed by atoms with van der Waals surface area (Å²) < 4.78 is 16.7. The fourth-order valence-electron chi connectivity index (χ4n) is 1.90. The van der Waals surface area contributed by atoms with Crippen LogP contribution < -0.4 is 0 Å². The van der Waals surface area contributed by atoms with Gasteiger partial charge in [0.1, 0.15) is 6.26 Å². The molecule has 2 aromatic rings. The van der Waals surface area contributed by atoms with Crippen LogP contribution in [0.1, 0.15) is 41.4 Å². The third kappa shape index (κ3) is 2.83. The first-order valence-electron chi connectivity index (χ1n) is 6.03. The van der Waals surface area contributed by atoms with E-state index in [1.54, 1.807) is 18.2 Å². The third-order valence-corrected chi connectivity index (χ3v) is 4.08. The van der Waals surface area contributed by atoms with Crippen LogP contribution in [0.25, 0.3) is 0 Å². The molecule has 4 nitrogen and oxygen atoms in total. The summed E-state index contributed by atoms with van der Waals surface area (Å²) in [6.45, 7) is 3.85. The van der Waals surface area contributed by atoms with Crippen molar-refractivity contribution in [3.63, 3.8) is 0 Å². The van der Waals surface area contributed by atoms with Crippen LogP contribution in [0.3, 0.4) is 0 Å². The molecule has 2 rings (SSSR count). The van der Waals surface area contributed by atoms with Gasteiger partial charge in [0.25, 0.3) is 0 Å². The summed E-state index contributed by atoms with van der Waals surface area (Å²) in [4.78, 5) is 13.0. The Hall–Kier alpha value is -1.46. The molecule has 0 aliphatic carbocycles. The van der Waals surface area contributed by atoms with Crippen molar-refractivity contribution in [1.29, 1.82) is 0 Å². The zero-order chi connectivity index (χ0) is 14.9. The molecule has 0 N–H and O–H groups in total. The molecule has 0 aliphatic heterocycles. The lowest BCUT2D eigenvalue weighted by molar-refractivity contribution is 0.103. The summed E-state index contributed by atoms with van der Waals surface area (Å²) in [5.74, 6) is -0.188. The molecule has 0 fully saturated rings. The third-order valence-electron chi connectivity index (χ3n) is 2.89. The molecule has 6 heteroatoms. The standard InChI is InChI=1S/C14H14ClNO3S/c1-8(2)13-11(7-19-16-13)14(17)10-5-4-9(15)6-12(10)20(3)18/h4-8H,1-3H3. The first-order valence-corrected chi connectivity index (χ1v) is 7.97. The van der Waals surface area contributed by atoms with E-state index in [9.17, 15) is 9.00 Å². The van der Waals surface area contributed by atoms with Gasteiger partial charge in [0.05, 0.1) is 27.0 Å². The molecule has 0 saturated carbocycles. The number of carbonyl (C=O) groups excluding carboxylic acids is 1. The molecule has 106 valence electrons. The van der Waals surface area contributed by atoms with Crippen molar-refractivity contribution in [2.75, 3.05) is 6.26 Å². The van der Waals surface area contributed by atoms with Crippen LogP contribution in [0.2, 0.25) is 5.02 Å². The predicted octanol–water partition coefficient (Wildman–Crippen LogP) is 3.42. The van der Waals surface area contributed by atoms with E-state index in [1.165, 1.54) is 12.5 Å². The molecule has 0 saturated heterocycles. The molecule has 20 heavy (non-hydrogen) atoms. The summed E-state index contributed by atoms with van der Waals surface area (Å²) in [6, 6.07) is 4.74. The Kier molecular flexibility index (Phi) is 4.40. The lowest BCUT2D eigenvalue weighted by atomic mass is 9.99. The van der Waals surface area contributed by atoms with Crippen LogP contribution in [0.15, 0.2) is 33.9 Å². The minimum atomic E-state index is -1.31. The monoisotopic (exact) mass is 311 g/mol. The SMILES string of the molecule is CC(C)c1nocc1C(=O)c1ccc(Cl)cc1S(C)=O. The normalized spacial score (nSPS) is 12.7. The lowest BCUT2D eigenvalue weighted by Crippen LogP contribution is -2.08. The summed E-state index contributed by atoms with van der Waals surface area (Å²) in [5.41, 5.74) is 1.35. The van der Waals surface area contributed by atoms with Gasteiger partial charge in [-0.05, 0) is 24.1 Å². The highest BCUT2D eigenvalue weighted by molar-refractivity contribution is 7.84. The van der Waals surface area contributed by atoms with Gasteiger partial charge in [-0.25, -0.2) is 0 Å². The number of halogens is 1. The minimum Gasteiger partial charge on any atom is -0.364 e. The molecule has 0 bridgehead atoms. The second-order valence-corrected chi connectivity index (χ2v) is 6.48. The fraction of sp³-hybridized carbons (Fsp3) is 0.286. The van der Waals surface area contributed by atoms with E-state index in [1.807, 2.05) is 13.8 Å². The second-order valence-electron chi connectivity index (χ2n) is 4.69. The molecule has 0 amide bonds. The Morgan fingerprint density at radius 2 is 2.05 bits per heavy atom. The molecule has 0 radical (unpaired) electrons. The van der Waals surface area contributed by atoms with Gasteiger partial charge in [-0.2, -0.15) is 0 Å². The quantitative estimate of drug-likeness (QED) is 0.812. The first-order chi connectivity index (χ1) is 9.41. The number of ketones is 1. The van der Waals surface area contributed by atoms with Crippen molar-refractivity contribution in [3.05, 3.63) is 46.3 Å². The predicted molar refractivity (Wildman–Crippen MR) is 77.8 cm³/mol. The van der Waals surface area contributed by atoms with E-state index in [0.29, 0.717) is 26.7 Å². The van der Waals surface area contributed by atoms with Gasteiger partial charge in [-0.1, -0.05) is 30.6 Å². The van der Waals surface area contributed by atoms with E-state index < -0.39 is 10.8 Å². The Balaban J connectivity index is 2.54. The van der Waals surface area contributed by atoms with Crippen LogP contribution in [-0.4, -0.2) is 21.4 Å². The number of hydrogen-bond donors (Lipinski definition) is 0. The average molecular weight is 312 g/mol. The number of nitrogens with zero attached hydrogens (tertiary/aromatic N) is 1. The van der Waals surface area contributed by atoms with E-state index in [-0.39, 0.29) is 11.7 Å². The van der Waals surface area contributed by atoms with Crippen LogP contribution in [-0.2, 0) is 10.8 Å². The average Bonchev–Trinajstić information content (AvgIpc) is 2.87. The van der Waals surface area contributed by atoms with Crippen molar-refractivity contribution < 1.29 is 13.5 Å². The Morgan fingerprint density at radius 1 is 1.35 bits per heavy atom. The van der Waals surface area contributed by atoms with E-state index in [4.69, 9.17) is 16.1 Å². The second kappa shape index (κ2) is 5.89. The molecule has 1 aromatic heterocycles. The molecule has 0 spiro atoms. The van der Waals surface area contributed by atoms with Gasteiger partial charge in [0.2, 0.25) is 0 Å². The van der Waals surface area contributed by atoms with Crippen molar-refractivity contribution >= 4 is 28.2 Å². The van der Waals surface area contributed by atoms with Gasteiger partial charge in [0, 0.05) is 16.8 Å². The lowest BCUT2D eigenvalue weighted by Gasteiger charge is -2.07. The van der Waals surface area contributed by atoms with Crippen LogP contribution in [0, 0.1) is 0 Å². The number of rotatable bonds is 4. The molecule has 1 heterocycles. The number of hydrogen-bond acceptors (Lipinski definition) is 4. The molecule has 1 atom stereocenters. The molecular formula is C14H14ClNO3S. The Labute approximate surface area is 124 Å². The van der Waals surface area contributed by atoms with Crippen molar-refractivity contribution in [2.24, 2.45) is 0 Å². The van der Waals surface area contributed by atoms with Crippen LogP contribution in [0.4, 0.5) is 0 Å². The van der Waals surface area contributed by atoms with Gasteiger partial charge in [-0.15, -0.1) is 0 Å². The van der Waals surface area contributed by atoms with Crippen molar-refractivity contribution in [1.82, 2.24) is 5.16 Å². The van der Waals surface area contributed by atoms with E-state index >= 15 is 0 Å². The zero-order valence-electron chi connectivity index (χ0n) is 11.3. The van der Waals surface area contributed by atoms with Gasteiger partial charge >= 0.3 is 0 Å². The van der Waals surface area contributed by atoms with Crippen LogP contribution >= 0.6 is 11.6 Å². The fourth-order valence-corrected chi connectivity index (χ4v) is 2.90. The number of benzene rings is 1. The molecular weight excluding hydrogens is 298 g/mol. The van der Waals surface area contributed by atoms with E-state index in [2.05, 4.69) is 5.16 Å². The largest absolute Gasteiger partial charge is 0.364 e. The van der Waals surface area contributed by atoms with Gasteiger partial charge < -0.3 is 4.52 Å². The smallest absolute Gasteiger partial charge is 0.199 e. The first kappa shape index (κ1) is 14.9. The van der Waals surface area contributed by atoms with Crippen molar-refractivity contribution in [2.45, 2.75) is 24.7 Å². The number of aromatic nitrogens is 1. The van der Waals surface area contributed by atoms with Crippen LogP contribution in [0.5, 0.6) is 0 Å². The highest BCUT2D eigenvalue weighted by atomic mass is 35.5. The summed E-state index contributed by atoms with van der Waals surface area (Å²) in [5, 5.41) is 4.30. The minimum absolute atomic E-state index is 0.0653.